The molecule has 1 aliphatic rings. The Labute approximate surface area is 178 Å². The number of aromatic nitrogens is 2. The average molecular weight is 488 g/mol. The number of nitrogens with one attached hydrogen (secondary N) is 2. The van der Waals surface area contributed by atoms with Crippen LogP contribution in [-0.4, -0.2) is 61.8 Å². The van der Waals surface area contributed by atoms with E-state index in [2.05, 4.69) is 20.0 Å². The summed E-state index contributed by atoms with van der Waals surface area (Å²) < 4.78 is 58.8. The van der Waals surface area contributed by atoms with E-state index in [9.17, 15) is 21.6 Å². The maximum absolute atomic E-state index is 12.3. The van der Waals surface area contributed by atoms with Crippen molar-refractivity contribution in [2.75, 3.05) is 29.8 Å². The van der Waals surface area contributed by atoms with Crippen LogP contribution < -0.4 is 14.9 Å². The molecule has 1 fully saturated rings. The molecule has 1 saturated heterocycles. The van der Waals surface area contributed by atoms with Crippen LogP contribution in [0.1, 0.15) is 6.42 Å². The molecule has 9 nitrogen and oxygen atoms in total. The summed E-state index contributed by atoms with van der Waals surface area (Å²) in [7, 11) is -1.84. The van der Waals surface area contributed by atoms with Gasteiger partial charge in [0, 0.05) is 31.2 Å². The number of anilines is 2. The Balaban J connectivity index is 0.000000396. The van der Waals surface area contributed by atoms with Gasteiger partial charge in [0.05, 0.1) is 10.5 Å². The summed E-state index contributed by atoms with van der Waals surface area (Å²) in [6.07, 6.45) is -2.77. The number of likely N-dealkylation sites (N-methyl/N-ethyl adjacent to an activating group) is 1. The highest BCUT2D eigenvalue weighted by Gasteiger charge is 2.38. The predicted octanol–water partition coefficient (Wildman–Crippen LogP) is 2.42. The number of carboxylic acid groups (broad SMARTS) is 1. The van der Waals surface area contributed by atoms with E-state index in [0.717, 1.165) is 19.5 Å². The monoisotopic (exact) mass is 487 g/mol. The van der Waals surface area contributed by atoms with Gasteiger partial charge in [-0.3, -0.25) is 4.72 Å². The number of alkyl halides is 3. The van der Waals surface area contributed by atoms with E-state index in [4.69, 9.17) is 21.5 Å². The van der Waals surface area contributed by atoms with Crippen LogP contribution in [0.25, 0.3) is 0 Å². The Morgan fingerprint density at radius 3 is 2.57 bits per heavy atom. The number of carboxylic acids is 1. The van der Waals surface area contributed by atoms with E-state index in [1.165, 1.54) is 23.6 Å². The molecular formula is C15H17ClF3N5O4S2. The maximum Gasteiger partial charge on any atom is 0.490 e. The second-order valence-electron chi connectivity index (χ2n) is 6.02. The summed E-state index contributed by atoms with van der Waals surface area (Å²) in [6, 6.07) is 1.72. The van der Waals surface area contributed by atoms with Crippen molar-refractivity contribution in [3.8, 4) is 0 Å². The molecule has 3 rings (SSSR count). The van der Waals surface area contributed by atoms with Gasteiger partial charge in [0.15, 0.2) is 5.82 Å². The van der Waals surface area contributed by atoms with E-state index < -0.39 is 22.2 Å². The minimum atomic E-state index is -5.08. The summed E-state index contributed by atoms with van der Waals surface area (Å²) >= 11 is 7.57. The molecule has 15 heteroatoms. The summed E-state index contributed by atoms with van der Waals surface area (Å²) in [4.78, 5) is 19.0. The third kappa shape index (κ3) is 6.42. The van der Waals surface area contributed by atoms with Crippen molar-refractivity contribution in [3.05, 3.63) is 28.2 Å². The Morgan fingerprint density at radius 1 is 1.43 bits per heavy atom. The molecule has 166 valence electrons. The smallest absolute Gasteiger partial charge is 0.475 e. The van der Waals surface area contributed by atoms with Crippen LogP contribution in [0.5, 0.6) is 0 Å². The molecule has 0 radical (unpaired) electrons. The van der Waals surface area contributed by atoms with Crippen molar-refractivity contribution in [2.45, 2.75) is 23.5 Å². The van der Waals surface area contributed by atoms with Crippen molar-refractivity contribution < 1.29 is 31.5 Å². The van der Waals surface area contributed by atoms with Crippen LogP contribution in [0.3, 0.4) is 0 Å². The highest BCUT2D eigenvalue weighted by atomic mass is 35.5. The van der Waals surface area contributed by atoms with Gasteiger partial charge in [-0.25, -0.2) is 23.2 Å². The number of sulfonamides is 1. The number of hydrogen-bond donors (Lipinski definition) is 3. The van der Waals surface area contributed by atoms with E-state index in [-0.39, 0.29) is 10.7 Å². The number of nitrogens with zero attached hydrogens (tertiary/aromatic N) is 3. The lowest BCUT2D eigenvalue weighted by Crippen LogP contribution is -2.34. The molecule has 2 aromatic rings. The lowest BCUT2D eigenvalue weighted by Gasteiger charge is -2.25. The van der Waals surface area contributed by atoms with E-state index in [0.29, 0.717) is 16.9 Å². The van der Waals surface area contributed by atoms with Crippen molar-refractivity contribution >= 4 is 50.6 Å². The van der Waals surface area contributed by atoms with Crippen LogP contribution in [0.4, 0.5) is 24.8 Å². The van der Waals surface area contributed by atoms with E-state index >= 15 is 0 Å². The second kappa shape index (κ2) is 9.76. The molecule has 0 aromatic carbocycles. The second-order valence-corrected chi connectivity index (χ2v) is 8.82. The van der Waals surface area contributed by atoms with Crippen molar-refractivity contribution in [1.29, 1.82) is 0 Å². The SMILES string of the molecule is CN(c1ncc(S(=O)(=O)Nc2cscn2)cc1Cl)[C@@H]1CCNC1.O=C(O)C(F)(F)F. The topological polar surface area (TPSA) is 125 Å². The largest absolute Gasteiger partial charge is 0.490 e. The van der Waals surface area contributed by atoms with Crippen LogP contribution in [0, 0.1) is 0 Å². The first kappa shape index (κ1) is 24.1. The lowest BCUT2D eigenvalue weighted by atomic mass is 10.2. The van der Waals surface area contributed by atoms with E-state index in [1.54, 1.807) is 10.9 Å². The van der Waals surface area contributed by atoms with Gasteiger partial charge in [-0.1, -0.05) is 11.6 Å². The van der Waals surface area contributed by atoms with Gasteiger partial charge in [-0.2, -0.15) is 13.2 Å². The highest BCUT2D eigenvalue weighted by molar-refractivity contribution is 7.92. The Morgan fingerprint density at radius 2 is 2.10 bits per heavy atom. The van der Waals surface area contributed by atoms with Gasteiger partial charge in [0.1, 0.15) is 10.7 Å². The maximum atomic E-state index is 12.3. The standard InChI is InChI=1S/C13H16ClN5O2S2.C2HF3O2/c1-19(9-2-3-15-5-9)13-11(14)4-10(6-16-13)23(20,21)18-12-7-22-8-17-12;3-2(4,5)1(6)7/h4,6-9,15,18H,2-3,5H2,1H3;(H,6,7)/t9-;/m1./s1. The molecule has 0 amide bonds. The summed E-state index contributed by atoms with van der Waals surface area (Å²) in [5.74, 6) is -1.90. The molecule has 0 aliphatic carbocycles. The van der Waals surface area contributed by atoms with Crippen molar-refractivity contribution in [1.82, 2.24) is 15.3 Å². The first-order valence-electron chi connectivity index (χ1n) is 8.22. The van der Waals surface area contributed by atoms with Crippen molar-refractivity contribution in [2.24, 2.45) is 0 Å². The zero-order valence-electron chi connectivity index (χ0n) is 15.4. The number of rotatable bonds is 5. The fourth-order valence-corrected chi connectivity index (χ4v) is 4.31. The molecule has 3 heterocycles. The zero-order valence-corrected chi connectivity index (χ0v) is 17.7. The summed E-state index contributed by atoms with van der Waals surface area (Å²) in [5.41, 5.74) is 1.55. The first-order chi connectivity index (χ1) is 13.9. The zero-order chi connectivity index (χ0) is 22.5. The van der Waals surface area contributed by atoms with Crippen LogP contribution in [-0.2, 0) is 14.8 Å². The number of hydrogen-bond acceptors (Lipinski definition) is 8. The highest BCUT2D eigenvalue weighted by Crippen LogP contribution is 2.28. The van der Waals surface area contributed by atoms with Gasteiger partial charge in [-0.05, 0) is 19.0 Å². The molecule has 1 aliphatic heterocycles. The number of pyridine rings is 1. The molecule has 2 aromatic heterocycles. The molecule has 0 spiro atoms. The molecule has 3 N–H and O–H groups in total. The summed E-state index contributed by atoms with van der Waals surface area (Å²) in [6.45, 7) is 1.82. The van der Waals surface area contributed by atoms with Gasteiger partial charge in [0.25, 0.3) is 10.0 Å². The fraction of sp³-hybridized carbons (Fsp3) is 0.400. The molecular weight excluding hydrogens is 471 g/mol. The van der Waals surface area contributed by atoms with E-state index in [1.807, 2.05) is 11.9 Å². The molecule has 1 atom stereocenters. The molecule has 0 bridgehead atoms. The van der Waals surface area contributed by atoms with Crippen LogP contribution in [0.2, 0.25) is 5.02 Å². The number of thiazole rings is 1. The molecule has 0 unspecified atom stereocenters. The average Bonchev–Trinajstić information content (AvgIpc) is 3.34. The molecule has 30 heavy (non-hydrogen) atoms. The Kier molecular flexibility index (Phi) is 7.85. The Bertz CT molecular complexity index is 967. The number of carbonyl (C=O) groups is 1. The van der Waals surface area contributed by atoms with Crippen molar-refractivity contribution in [3.63, 3.8) is 0 Å². The van der Waals surface area contributed by atoms with Crippen LogP contribution >= 0.6 is 22.9 Å². The van der Waals surface area contributed by atoms with Gasteiger partial charge >= 0.3 is 12.1 Å². The van der Waals surface area contributed by atoms with Gasteiger partial charge < -0.3 is 15.3 Å². The first-order valence-corrected chi connectivity index (χ1v) is 11.0. The minimum absolute atomic E-state index is 0.0113. The quantitative estimate of drug-likeness (QED) is 0.587. The Hall–Kier alpha value is -2.16. The number of aliphatic carboxylic acids is 1. The third-order valence-electron chi connectivity index (χ3n) is 3.94. The third-order valence-corrected chi connectivity index (χ3v) is 6.12. The predicted molar refractivity (Wildman–Crippen MR) is 106 cm³/mol. The van der Waals surface area contributed by atoms with Crippen LogP contribution in [0.15, 0.2) is 28.0 Å². The summed E-state index contributed by atoms with van der Waals surface area (Å²) in [5, 5.41) is 12.3. The lowest BCUT2D eigenvalue weighted by molar-refractivity contribution is -0.192. The van der Waals surface area contributed by atoms with Gasteiger partial charge in [-0.15, -0.1) is 11.3 Å². The minimum Gasteiger partial charge on any atom is -0.475 e. The normalized spacial score (nSPS) is 16.5. The van der Waals surface area contributed by atoms with Gasteiger partial charge in [0.2, 0.25) is 0 Å². The number of halogens is 4. The fourth-order valence-electron chi connectivity index (χ4n) is 2.42. The molecule has 0 saturated carbocycles.